The first kappa shape index (κ1) is 21.0. The van der Waals surface area contributed by atoms with Crippen LogP contribution in [0.25, 0.3) is 0 Å². The molecule has 1 amide bonds. The second kappa shape index (κ2) is 10.7. The zero-order chi connectivity index (χ0) is 21.2. The Kier molecular flexibility index (Phi) is 7.49. The van der Waals surface area contributed by atoms with Crippen molar-refractivity contribution in [1.82, 2.24) is 5.32 Å². The van der Waals surface area contributed by atoms with Crippen LogP contribution in [0.5, 0.6) is 5.75 Å². The molecule has 3 aromatic rings. The normalized spacial score (nSPS) is 11.1. The van der Waals surface area contributed by atoms with Gasteiger partial charge in [0.1, 0.15) is 5.75 Å². The Morgan fingerprint density at radius 3 is 2.00 bits per heavy atom. The molecule has 0 radical (unpaired) electrons. The number of benzene rings is 3. The van der Waals surface area contributed by atoms with E-state index in [4.69, 9.17) is 4.84 Å². The number of carbonyl (C=O) groups is 1. The molecule has 0 spiro atoms. The zero-order valence-electron chi connectivity index (χ0n) is 15.9. The molecule has 0 aliphatic carbocycles. The maximum atomic E-state index is 12.4. The van der Waals surface area contributed by atoms with E-state index in [1.54, 1.807) is 12.1 Å². The lowest BCUT2D eigenvalue weighted by molar-refractivity contribution is -0.126. The van der Waals surface area contributed by atoms with Gasteiger partial charge in [-0.2, -0.15) is 8.78 Å². The van der Waals surface area contributed by atoms with E-state index >= 15 is 0 Å². The van der Waals surface area contributed by atoms with E-state index in [1.807, 2.05) is 60.7 Å². The van der Waals surface area contributed by atoms with Crippen molar-refractivity contribution < 1.29 is 23.1 Å². The molecule has 0 aliphatic rings. The topological polar surface area (TPSA) is 59.9 Å². The molecule has 0 saturated carbocycles. The van der Waals surface area contributed by atoms with Crippen LogP contribution >= 0.6 is 0 Å². The van der Waals surface area contributed by atoms with Crippen LogP contribution in [0.1, 0.15) is 22.7 Å². The third kappa shape index (κ3) is 6.41. The summed E-state index contributed by atoms with van der Waals surface area (Å²) >= 11 is 0. The van der Waals surface area contributed by atoms with Crippen LogP contribution in [0.2, 0.25) is 0 Å². The van der Waals surface area contributed by atoms with Gasteiger partial charge in [0.15, 0.2) is 6.61 Å². The summed E-state index contributed by atoms with van der Waals surface area (Å²) in [5, 5.41) is 6.70. The van der Waals surface area contributed by atoms with Crippen LogP contribution in [-0.2, 0) is 9.63 Å². The van der Waals surface area contributed by atoms with Crippen molar-refractivity contribution in [1.29, 1.82) is 0 Å². The van der Waals surface area contributed by atoms with Gasteiger partial charge in [-0.05, 0) is 41.0 Å². The molecule has 0 fully saturated rings. The highest BCUT2D eigenvalue weighted by atomic mass is 19.3. The molecule has 7 heteroatoms. The Morgan fingerprint density at radius 2 is 1.47 bits per heavy atom. The zero-order valence-corrected chi connectivity index (χ0v) is 15.9. The van der Waals surface area contributed by atoms with Crippen molar-refractivity contribution in [3.63, 3.8) is 0 Å². The van der Waals surface area contributed by atoms with Crippen molar-refractivity contribution in [2.24, 2.45) is 5.16 Å². The molecule has 0 aliphatic heterocycles. The highest BCUT2D eigenvalue weighted by Crippen LogP contribution is 2.21. The molecule has 0 bridgehead atoms. The molecule has 154 valence electrons. The summed E-state index contributed by atoms with van der Waals surface area (Å²) < 4.78 is 28.6. The average Bonchev–Trinajstić information content (AvgIpc) is 2.77. The lowest BCUT2D eigenvalue weighted by Gasteiger charge is -2.19. The van der Waals surface area contributed by atoms with Gasteiger partial charge in [0.25, 0.3) is 5.91 Å². The highest BCUT2D eigenvalue weighted by Gasteiger charge is 2.16. The summed E-state index contributed by atoms with van der Waals surface area (Å²) in [5.74, 6) is -0.277. The molecule has 1 N–H and O–H groups in total. The van der Waals surface area contributed by atoms with Crippen molar-refractivity contribution in [2.45, 2.75) is 12.7 Å². The van der Waals surface area contributed by atoms with Gasteiger partial charge >= 0.3 is 6.61 Å². The largest absolute Gasteiger partial charge is 0.435 e. The quantitative estimate of drug-likeness (QED) is 0.416. The number of hydrogen-bond donors (Lipinski definition) is 1. The molecule has 3 rings (SSSR count). The van der Waals surface area contributed by atoms with Crippen LogP contribution < -0.4 is 10.1 Å². The number of hydrogen-bond acceptors (Lipinski definition) is 4. The molecule has 30 heavy (non-hydrogen) atoms. The summed E-state index contributed by atoms with van der Waals surface area (Å²) in [6, 6.07) is 24.8. The fourth-order valence-electron chi connectivity index (χ4n) is 2.78. The van der Waals surface area contributed by atoms with Gasteiger partial charge in [0.2, 0.25) is 0 Å². The Morgan fingerprint density at radius 1 is 0.900 bits per heavy atom. The van der Waals surface area contributed by atoms with Gasteiger partial charge in [-0.3, -0.25) is 4.79 Å². The number of amides is 1. The van der Waals surface area contributed by atoms with E-state index in [0.717, 1.165) is 11.1 Å². The third-order valence-corrected chi connectivity index (χ3v) is 4.15. The number of alkyl halides is 2. The molecule has 3 aromatic carbocycles. The summed E-state index contributed by atoms with van der Waals surface area (Å²) in [6.07, 6.45) is 1.38. The SMILES string of the molecule is O=C(CO/N=C\c1ccc(OC(F)F)cc1)NC(c1ccccc1)c1ccccc1. The van der Waals surface area contributed by atoms with Crippen LogP contribution in [0.15, 0.2) is 90.1 Å². The van der Waals surface area contributed by atoms with Crippen LogP contribution in [0, 0.1) is 0 Å². The maximum Gasteiger partial charge on any atom is 0.387 e. The molecule has 0 aromatic heterocycles. The summed E-state index contributed by atoms with van der Waals surface area (Å²) in [6.45, 7) is -3.14. The van der Waals surface area contributed by atoms with E-state index in [0.29, 0.717) is 5.56 Å². The van der Waals surface area contributed by atoms with Gasteiger partial charge in [0.05, 0.1) is 12.3 Å². The smallest absolute Gasteiger partial charge is 0.387 e. The van der Waals surface area contributed by atoms with Crippen LogP contribution in [0.3, 0.4) is 0 Å². The molecular weight excluding hydrogens is 390 g/mol. The van der Waals surface area contributed by atoms with Gasteiger partial charge < -0.3 is 14.9 Å². The first-order valence-corrected chi connectivity index (χ1v) is 9.21. The second-order valence-electron chi connectivity index (χ2n) is 6.28. The Balaban J connectivity index is 1.55. The van der Waals surface area contributed by atoms with Crippen molar-refractivity contribution in [3.8, 4) is 5.75 Å². The van der Waals surface area contributed by atoms with E-state index < -0.39 is 6.61 Å². The van der Waals surface area contributed by atoms with E-state index in [9.17, 15) is 13.6 Å². The maximum absolute atomic E-state index is 12.4. The Labute approximate surface area is 172 Å². The number of halogens is 2. The van der Waals surface area contributed by atoms with Crippen LogP contribution in [0.4, 0.5) is 8.78 Å². The van der Waals surface area contributed by atoms with Gasteiger partial charge in [-0.25, -0.2) is 0 Å². The minimum absolute atomic E-state index is 0.0512. The van der Waals surface area contributed by atoms with E-state index in [2.05, 4.69) is 15.2 Å². The summed E-state index contributed by atoms with van der Waals surface area (Å²) in [5.41, 5.74) is 2.52. The Bertz CT molecular complexity index is 910. The Hall–Kier alpha value is -3.74. The third-order valence-electron chi connectivity index (χ3n) is 4.15. The monoisotopic (exact) mass is 410 g/mol. The molecule has 5 nitrogen and oxygen atoms in total. The first-order valence-electron chi connectivity index (χ1n) is 9.21. The minimum atomic E-state index is -2.87. The fraction of sp³-hybridized carbons (Fsp3) is 0.130. The standard InChI is InChI=1S/C23H20F2N2O3/c24-23(25)30-20-13-11-17(12-14-20)15-26-29-16-21(28)27-22(18-7-3-1-4-8-18)19-9-5-2-6-10-19/h1-15,22-23H,16H2,(H,27,28)/b26-15-. The van der Waals surface area contributed by atoms with Gasteiger partial charge in [-0.15, -0.1) is 0 Å². The fourth-order valence-corrected chi connectivity index (χ4v) is 2.78. The molecule has 0 unspecified atom stereocenters. The number of oxime groups is 1. The van der Waals surface area contributed by atoms with Crippen LogP contribution in [-0.4, -0.2) is 25.3 Å². The number of ether oxygens (including phenoxy) is 1. The summed E-state index contributed by atoms with van der Waals surface area (Å²) in [4.78, 5) is 17.4. The number of rotatable bonds is 9. The average molecular weight is 410 g/mol. The molecule has 0 saturated heterocycles. The predicted octanol–water partition coefficient (Wildman–Crippen LogP) is 4.54. The van der Waals surface area contributed by atoms with Gasteiger partial charge in [-0.1, -0.05) is 65.8 Å². The summed E-state index contributed by atoms with van der Waals surface area (Å²) in [7, 11) is 0. The predicted molar refractivity (Wildman–Crippen MR) is 109 cm³/mol. The van der Waals surface area contributed by atoms with Gasteiger partial charge in [0, 0.05) is 0 Å². The number of carbonyl (C=O) groups excluding carboxylic acids is 1. The van der Waals surface area contributed by atoms with E-state index in [-0.39, 0.29) is 24.3 Å². The lowest BCUT2D eigenvalue weighted by atomic mass is 9.99. The lowest BCUT2D eigenvalue weighted by Crippen LogP contribution is -2.31. The van der Waals surface area contributed by atoms with Crippen molar-refractivity contribution in [3.05, 3.63) is 102 Å². The van der Waals surface area contributed by atoms with Crippen molar-refractivity contribution >= 4 is 12.1 Å². The molecule has 0 heterocycles. The van der Waals surface area contributed by atoms with E-state index in [1.165, 1.54) is 18.3 Å². The number of nitrogens with zero attached hydrogens (tertiary/aromatic N) is 1. The van der Waals surface area contributed by atoms with Crippen molar-refractivity contribution in [2.75, 3.05) is 6.61 Å². The second-order valence-corrected chi connectivity index (χ2v) is 6.28. The molecule has 0 atom stereocenters. The minimum Gasteiger partial charge on any atom is -0.435 e. The highest BCUT2D eigenvalue weighted by molar-refractivity contribution is 5.80. The first-order chi connectivity index (χ1) is 14.6. The molecular formula is C23H20F2N2O3. The number of nitrogens with one attached hydrogen (secondary N) is 1.